The third-order valence-electron chi connectivity index (χ3n) is 5.92. The Morgan fingerprint density at radius 2 is 1.61 bits per heavy atom. The van der Waals surface area contributed by atoms with Gasteiger partial charge in [-0.3, -0.25) is 9.59 Å². The van der Waals surface area contributed by atoms with Gasteiger partial charge in [0.2, 0.25) is 5.91 Å². The number of halogens is 1. The third-order valence-corrected chi connectivity index (χ3v) is 6.27. The SMILES string of the molecule is COc1ccc(CCC(=O)N2CCN(C(=O)c3c(C)nn(-c4ccccc4)c3Cl)CC2)cc1. The minimum Gasteiger partial charge on any atom is -0.497 e. The standard InChI is InChI=1S/C25H27ClN4O3/c1-18-23(24(26)30(27-18)20-6-4-3-5-7-20)25(32)29-16-14-28(15-17-29)22(31)13-10-19-8-11-21(33-2)12-9-19/h3-9,11-12H,10,13-17H2,1-2H3. The van der Waals surface area contributed by atoms with Gasteiger partial charge in [0.05, 0.1) is 24.1 Å². The molecule has 0 radical (unpaired) electrons. The summed E-state index contributed by atoms with van der Waals surface area (Å²) in [6.45, 7) is 3.75. The Labute approximate surface area is 198 Å². The number of amides is 2. The number of nitrogens with zero attached hydrogens (tertiary/aromatic N) is 4. The molecule has 0 aliphatic carbocycles. The Hall–Kier alpha value is -3.32. The molecule has 172 valence electrons. The number of benzene rings is 2. The lowest BCUT2D eigenvalue weighted by Crippen LogP contribution is -2.50. The van der Waals surface area contributed by atoms with E-state index in [0.29, 0.717) is 55.4 Å². The van der Waals surface area contributed by atoms with E-state index in [4.69, 9.17) is 16.3 Å². The fourth-order valence-corrected chi connectivity index (χ4v) is 4.35. The number of ether oxygens (including phenoxy) is 1. The Morgan fingerprint density at radius 1 is 0.970 bits per heavy atom. The zero-order valence-corrected chi connectivity index (χ0v) is 19.6. The van der Waals surface area contributed by atoms with Crippen molar-refractivity contribution in [1.29, 1.82) is 0 Å². The second kappa shape index (κ2) is 10.1. The highest BCUT2D eigenvalue weighted by Gasteiger charge is 2.29. The van der Waals surface area contributed by atoms with Crippen molar-refractivity contribution in [2.24, 2.45) is 0 Å². The smallest absolute Gasteiger partial charge is 0.259 e. The minimum atomic E-state index is -0.148. The molecule has 1 aliphatic heterocycles. The molecule has 0 atom stereocenters. The zero-order valence-electron chi connectivity index (χ0n) is 18.8. The molecule has 4 rings (SSSR count). The normalized spacial score (nSPS) is 13.8. The van der Waals surface area contributed by atoms with E-state index in [9.17, 15) is 9.59 Å². The molecule has 0 bridgehead atoms. The van der Waals surface area contributed by atoms with E-state index < -0.39 is 0 Å². The van der Waals surface area contributed by atoms with Gasteiger partial charge in [0.1, 0.15) is 10.9 Å². The second-order valence-electron chi connectivity index (χ2n) is 8.02. The topological polar surface area (TPSA) is 67.7 Å². The third kappa shape index (κ3) is 5.03. The molecule has 0 unspecified atom stereocenters. The van der Waals surface area contributed by atoms with Gasteiger partial charge in [0.15, 0.2) is 0 Å². The van der Waals surface area contributed by atoms with E-state index in [1.165, 1.54) is 0 Å². The maximum atomic E-state index is 13.2. The molecule has 2 amide bonds. The summed E-state index contributed by atoms with van der Waals surface area (Å²) in [5.74, 6) is 0.754. The largest absolute Gasteiger partial charge is 0.497 e. The van der Waals surface area contributed by atoms with Crippen molar-refractivity contribution in [2.45, 2.75) is 19.8 Å². The van der Waals surface area contributed by atoms with Crippen molar-refractivity contribution in [3.8, 4) is 11.4 Å². The molecule has 33 heavy (non-hydrogen) atoms. The van der Waals surface area contributed by atoms with Crippen molar-refractivity contribution in [1.82, 2.24) is 19.6 Å². The van der Waals surface area contributed by atoms with Gasteiger partial charge in [0, 0.05) is 32.6 Å². The van der Waals surface area contributed by atoms with Crippen LogP contribution in [0, 0.1) is 6.92 Å². The van der Waals surface area contributed by atoms with Gasteiger partial charge in [-0.15, -0.1) is 0 Å². The van der Waals surface area contributed by atoms with Gasteiger partial charge in [-0.25, -0.2) is 4.68 Å². The number of carbonyl (C=O) groups excluding carboxylic acids is 2. The highest BCUT2D eigenvalue weighted by atomic mass is 35.5. The maximum absolute atomic E-state index is 13.2. The van der Waals surface area contributed by atoms with Gasteiger partial charge in [-0.2, -0.15) is 5.10 Å². The number of aromatic nitrogens is 2. The van der Waals surface area contributed by atoms with Crippen LogP contribution in [0.25, 0.3) is 5.69 Å². The van der Waals surface area contributed by atoms with E-state index >= 15 is 0 Å². The molecular formula is C25H27ClN4O3. The molecule has 1 fully saturated rings. The van der Waals surface area contributed by atoms with Crippen LogP contribution in [0.2, 0.25) is 5.15 Å². The van der Waals surface area contributed by atoms with Crippen LogP contribution in [0.15, 0.2) is 54.6 Å². The fraction of sp³-hybridized carbons (Fsp3) is 0.320. The number of hydrogen-bond acceptors (Lipinski definition) is 4. The fourth-order valence-electron chi connectivity index (χ4n) is 4.00. The van der Waals surface area contributed by atoms with Crippen LogP contribution in [0.1, 0.15) is 28.0 Å². The number of para-hydroxylation sites is 1. The van der Waals surface area contributed by atoms with Crippen molar-refractivity contribution in [2.75, 3.05) is 33.3 Å². The summed E-state index contributed by atoms with van der Waals surface area (Å²) in [5.41, 5.74) is 2.90. The predicted octanol–water partition coefficient (Wildman–Crippen LogP) is 3.76. The van der Waals surface area contributed by atoms with E-state index in [2.05, 4.69) is 5.10 Å². The summed E-state index contributed by atoms with van der Waals surface area (Å²) >= 11 is 6.56. The van der Waals surface area contributed by atoms with Crippen molar-refractivity contribution >= 4 is 23.4 Å². The van der Waals surface area contributed by atoms with Crippen LogP contribution in [0.3, 0.4) is 0 Å². The molecule has 1 aromatic heterocycles. The molecule has 2 aromatic carbocycles. The lowest BCUT2D eigenvalue weighted by Gasteiger charge is -2.35. The molecule has 1 saturated heterocycles. The number of rotatable bonds is 6. The molecular weight excluding hydrogens is 440 g/mol. The summed E-state index contributed by atoms with van der Waals surface area (Å²) in [6.07, 6.45) is 1.12. The molecule has 2 heterocycles. The number of hydrogen-bond donors (Lipinski definition) is 0. The highest BCUT2D eigenvalue weighted by Crippen LogP contribution is 2.25. The highest BCUT2D eigenvalue weighted by molar-refractivity contribution is 6.33. The van der Waals surface area contributed by atoms with E-state index in [-0.39, 0.29) is 11.8 Å². The predicted molar refractivity (Wildman–Crippen MR) is 127 cm³/mol. The lowest BCUT2D eigenvalue weighted by atomic mass is 10.1. The average molecular weight is 467 g/mol. The second-order valence-corrected chi connectivity index (χ2v) is 8.38. The van der Waals surface area contributed by atoms with Crippen LogP contribution in [0.5, 0.6) is 5.75 Å². The van der Waals surface area contributed by atoms with Crippen molar-refractivity contribution in [3.63, 3.8) is 0 Å². The summed E-state index contributed by atoms with van der Waals surface area (Å²) in [7, 11) is 1.63. The van der Waals surface area contributed by atoms with Crippen LogP contribution >= 0.6 is 11.6 Å². The van der Waals surface area contributed by atoms with Crippen molar-refractivity contribution < 1.29 is 14.3 Å². The van der Waals surface area contributed by atoms with Crippen LogP contribution in [0.4, 0.5) is 0 Å². The first-order chi connectivity index (χ1) is 16.0. The first-order valence-corrected chi connectivity index (χ1v) is 11.4. The summed E-state index contributed by atoms with van der Waals surface area (Å²) in [5, 5.41) is 4.78. The monoisotopic (exact) mass is 466 g/mol. The summed E-state index contributed by atoms with van der Waals surface area (Å²) < 4.78 is 6.76. The molecule has 0 spiro atoms. The first kappa shape index (κ1) is 22.9. The van der Waals surface area contributed by atoms with E-state index in [1.807, 2.05) is 59.5 Å². The van der Waals surface area contributed by atoms with Gasteiger partial charge in [0.25, 0.3) is 5.91 Å². The average Bonchev–Trinajstić information content (AvgIpc) is 3.16. The number of methoxy groups -OCH3 is 1. The molecule has 1 aliphatic rings. The molecule has 0 N–H and O–H groups in total. The van der Waals surface area contributed by atoms with Gasteiger partial charge in [-0.05, 0) is 43.2 Å². The molecule has 0 saturated carbocycles. The first-order valence-electron chi connectivity index (χ1n) is 11.0. The molecule has 8 heteroatoms. The van der Waals surface area contributed by atoms with E-state index in [0.717, 1.165) is 17.0 Å². The summed E-state index contributed by atoms with van der Waals surface area (Å²) in [4.78, 5) is 29.4. The van der Waals surface area contributed by atoms with E-state index in [1.54, 1.807) is 23.6 Å². The lowest BCUT2D eigenvalue weighted by molar-refractivity contribution is -0.132. The number of carbonyl (C=O) groups is 2. The van der Waals surface area contributed by atoms with Crippen molar-refractivity contribution in [3.05, 3.63) is 76.6 Å². The van der Waals surface area contributed by atoms with Gasteiger partial charge >= 0.3 is 0 Å². The zero-order chi connectivity index (χ0) is 23.4. The van der Waals surface area contributed by atoms with Gasteiger partial charge < -0.3 is 14.5 Å². The Kier molecular flexibility index (Phi) is 6.99. The Bertz CT molecular complexity index is 1120. The number of piperazine rings is 1. The maximum Gasteiger partial charge on any atom is 0.259 e. The Balaban J connectivity index is 1.34. The molecule has 3 aromatic rings. The quantitative estimate of drug-likeness (QED) is 0.554. The summed E-state index contributed by atoms with van der Waals surface area (Å²) in [6, 6.07) is 17.2. The van der Waals surface area contributed by atoms with Crippen LogP contribution in [-0.4, -0.2) is 64.7 Å². The number of aryl methyl sites for hydroxylation is 2. The van der Waals surface area contributed by atoms with Crippen LogP contribution < -0.4 is 4.74 Å². The van der Waals surface area contributed by atoms with Gasteiger partial charge in [-0.1, -0.05) is 41.9 Å². The minimum absolute atomic E-state index is 0.101. The molecule has 7 nitrogen and oxygen atoms in total. The Morgan fingerprint density at radius 3 is 2.24 bits per heavy atom. The van der Waals surface area contributed by atoms with Crippen LogP contribution in [-0.2, 0) is 11.2 Å².